The van der Waals surface area contributed by atoms with E-state index in [-0.39, 0.29) is 23.2 Å². The van der Waals surface area contributed by atoms with E-state index in [2.05, 4.69) is 0 Å². The standard InChI is InChI=1S/C15H16O3/c1-4-9(2)12-13(16)10-7-5-6-8-11(10)14(17)15(12)18-3/h5-9H,4H2,1-3H3. The molecule has 0 aromatic heterocycles. The van der Waals surface area contributed by atoms with E-state index in [1.165, 1.54) is 7.11 Å². The number of fused-ring (bicyclic) bond motifs is 1. The summed E-state index contributed by atoms with van der Waals surface area (Å²) in [5, 5.41) is 0. The summed E-state index contributed by atoms with van der Waals surface area (Å²) in [6.07, 6.45) is 0.795. The van der Waals surface area contributed by atoms with Crippen molar-refractivity contribution in [3.63, 3.8) is 0 Å². The van der Waals surface area contributed by atoms with Gasteiger partial charge in [-0.25, -0.2) is 0 Å². The topological polar surface area (TPSA) is 43.4 Å². The first-order valence-electron chi connectivity index (χ1n) is 6.08. The van der Waals surface area contributed by atoms with Gasteiger partial charge < -0.3 is 4.74 Å². The quantitative estimate of drug-likeness (QED) is 0.820. The second-order valence-electron chi connectivity index (χ2n) is 4.46. The van der Waals surface area contributed by atoms with Crippen LogP contribution in [-0.4, -0.2) is 18.7 Å². The maximum absolute atomic E-state index is 12.4. The molecule has 1 aromatic rings. The average Bonchev–Trinajstić information content (AvgIpc) is 2.41. The van der Waals surface area contributed by atoms with Gasteiger partial charge in [0.25, 0.3) is 0 Å². The van der Waals surface area contributed by atoms with Crippen molar-refractivity contribution in [2.75, 3.05) is 7.11 Å². The summed E-state index contributed by atoms with van der Waals surface area (Å²) in [4.78, 5) is 24.7. The number of benzene rings is 1. The van der Waals surface area contributed by atoms with Gasteiger partial charge in [-0.15, -0.1) is 0 Å². The first-order valence-corrected chi connectivity index (χ1v) is 6.08. The molecule has 1 unspecified atom stereocenters. The number of hydrogen-bond donors (Lipinski definition) is 0. The minimum atomic E-state index is -0.192. The Hall–Kier alpha value is -1.90. The predicted octanol–water partition coefficient (Wildman–Crippen LogP) is 3.01. The molecule has 0 radical (unpaired) electrons. The van der Waals surface area contributed by atoms with Crippen molar-refractivity contribution >= 4 is 11.6 Å². The Morgan fingerprint density at radius 2 is 1.67 bits per heavy atom. The Morgan fingerprint density at radius 3 is 2.17 bits per heavy atom. The maximum atomic E-state index is 12.4. The molecule has 1 aromatic carbocycles. The lowest BCUT2D eigenvalue weighted by molar-refractivity contribution is 0.0896. The number of methoxy groups -OCH3 is 1. The lowest BCUT2D eigenvalue weighted by atomic mass is 9.82. The fourth-order valence-corrected chi connectivity index (χ4v) is 2.23. The summed E-state index contributed by atoms with van der Waals surface area (Å²) in [6, 6.07) is 6.90. The Bertz CT molecular complexity index is 540. The van der Waals surface area contributed by atoms with Crippen LogP contribution in [0.3, 0.4) is 0 Å². The Labute approximate surface area is 106 Å². The molecule has 18 heavy (non-hydrogen) atoms. The maximum Gasteiger partial charge on any atom is 0.228 e. The van der Waals surface area contributed by atoms with E-state index in [4.69, 9.17) is 4.74 Å². The van der Waals surface area contributed by atoms with Gasteiger partial charge in [0.05, 0.1) is 7.11 Å². The number of hydrogen-bond acceptors (Lipinski definition) is 3. The minimum absolute atomic E-state index is 0.0183. The molecule has 2 rings (SSSR count). The van der Waals surface area contributed by atoms with Crippen LogP contribution in [0.2, 0.25) is 0 Å². The van der Waals surface area contributed by atoms with Crippen molar-refractivity contribution in [1.82, 2.24) is 0 Å². The zero-order chi connectivity index (χ0) is 13.3. The summed E-state index contributed by atoms with van der Waals surface area (Å²) in [5.74, 6) is -0.0581. The molecule has 0 heterocycles. The van der Waals surface area contributed by atoms with Crippen molar-refractivity contribution in [2.24, 2.45) is 5.92 Å². The molecule has 0 fully saturated rings. The summed E-state index contributed by atoms with van der Waals surface area (Å²) in [7, 11) is 1.44. The molecule has 1 aliphatic rings. The van der Waals surface area contributed by atoms with Crippen LogP contribution in [0.25, 0.3) is 0 Å². The molecule has 3 nitrogen and oxygen atoms in total. The highest BCUT2D eigenvalue weighted by atomic mass is 16.5. The number of rotatable bonds is 3. The molecular formula is C15H16O3. The van der Waals surface area contributed by atoms with Gasteiger partial charge in [-0.1, -0.05) is 38.1 Å². The molecule has 0 amide bonds. The largest absolute Gasteiger partial charge is 0.492 e. The van der Waals surface area contributed by atoms with E-state index in [0.29, 0.717) is 16.7 Å². The fraction of sp³-hybridized carbons (Fsp3) is 0.333. The first kappa shape index (κ1) is 12.6. The molecule has 0 spiro atoms. The number of ether oxygens (including phenoxy) is 1. The van der Waals surface area contributed by atoms with Crippen LogP contribution < -0.4 is 0 Å². The van der Waals surface area contributed by atoms with E-state index >= 15 is 0 Å². The number of ketones is 2. The molecule has 1 atom stereocenters. The molecule has 0 bridgehead atoms. The van der Waals surface area contributed by atoms with Gasteiger partial charge in [0.1, 0.15) is 0 Å². The second-order valence-corrected chi connectivity index (χ2v) is 4.46. The van der Waals surface area contributed by atoms with Gasteiger partial charge in [0, 0.05) is 16.7 Å². The molecule has 0 N–H and O–H groups in total. The molecule has 1 aliphatic carbocycles. The van der Waals surface area contributed by atoms with Crippen molar-refractivity contribution in [3.05, 3.63) is 46.7 Å². The van der Waals surface area contributed by atoms with Crippen LogP contribution in [-0.2, 0) is 4.74 Å². The molecule has 0 aliphatic heterocycles. The SMILES string of the molecule is CCC(C)C1=C(OC)C(=O)c2ccccc2C1=O. The highest BCUT2D eigenvalue weighted by Gasteiger charge is 2.34. The van der Waals surface area contributed by atoms with Crippen molar-refractivity contribution in [2.45, 2.75) is 20.3 Å². The highest BCUT2D eigenvalue weighted by Crippen LogP contribution is 2.31. The Balaban J connectivity index is 2.65. The molecule has 0 saturated heterocycles. The van der Waals surface area contributed by atoms with Crippen LogP contribution in [0.4, 0.5) is 0 Å². The summed E-state index contributed by atoms with van der Waals surface area (Å²) >= 11 is 0. The van der Waals surface area contributed by atoms with E-state index in [1.54, 1.807) is 24.3 Å². The molecular weight excluding hydrogens is 228 g/mol. The lowest BCUT2D eigenvalue weighted by Crippen LogP contribution is -2.26. The molecule has 0 saturated carbocycles. The molecule has 3 heteroatoms. The summed E-state index contributed by atoms with van der Waals surface area (Å²) in [5.41, 5.74) is 1.42. The van der Waals surface area contributed by atoms with Gasteiger partial charge in [0.2, 0.25) is 5.78 Å². The Kier molecular flexibility index (Phi) is 3.32. The van der Waals surface area contributed by atoms with E-state index < -0.39 is 0 Å². The number of carbonyl (C=O) groups is 2. The monoisotopic (exact) mass is 244 g/mol. The predicted molar refractivity (Wildman–Crippen MR) is 68.6 cm³/mol. The van der Waals surface area contributed by atoms with Crippen molar-refractivity contribution < 1.29 is 14.3 Å². The van der Waals surface area contributed by atoms with E-state index in [9.17, 15) is 9.59 Å². The van der Waals surface area contributed by atoms with Gasteiger partial charge in [-0.2, -0.15) is 0 Å². The smallest absolute Gasteiger partial charge is 0.228 e. The van der Waals surface area contributed by atoms with Gasteiger partial charge in [-0.05, 0) is 12.3 Å². The zero-order valence-corrected chi connectivity index (χ0v) is 10.8. The van der Waals surface area contributed by atoms with Gasteiger partial charge in [-0.3, -0.25) is 9.59 Å². The fourth-order valence-electron chi connectivity index (χ4n) is 2.23. The third-order valence-electron chi connectivity index (χ3n) is 3.42. The van der Waals surface area contributed by atoms with Crippen LogP contribution >= 0.6 is 0 Å². The van der Waals surface area contributed by atoms with Crippen LogP contribution in [0.15, 0.2) is 35.6 Å². The highest BCUT2D eigenvalue weighted by molar-refractivity contribution is 6.26. The number of Topliss-reactive ketones (excluding diaryl/α,β-unsaturated/α-hetero) is 2. The number of carbonyl (C=O) groups excluding carboxylic acids is 2. The van der Waals surface area contributed by atoms with Crippen molar-refractivity contribution in [3.8, 4) is 0 Å². The minimum Gasteiger partial charge on any atom is -0.492 e. The van der Waals surface area contributed by atoms with Gasteiger partial charge >= 0.3 is 0 Å². The number of allylic oxidation sites excluding steroid dienone is 2. The van der Waals surface area contributed by atoms with E-state index in [1.807, 2.05) is 13.8 Å². The first-order chi connectivity index (χ1) is 8.61. The van der Waals surface area contributed by atoms with E-state index in [0.717, 1.165) is 6.42 Å². The third-order valence-corrected chi connectivity index (χ3v) is 3.42. The third kappa shape index (κ3) is 1.76. The Morgan fingerprint density at radius 1 is 1.11 bits per heavy atom. The molecule has 94 valence electrons. The zero-order valence-electron chi connectivity index (χ0n) is 10.8. The van der Waals surface area contributed by atoms with Gasteiger partial charge in [0.15, 0.2) is 11.5 Å². The summed E-state index contributed by atoms with van der Waals surface area (Å²) < 4.78 is 5.18. The van der Waals surface area contributed by atoms with Crippen LogP contribution in [0.5, 0.6) is 0 Å². The normalized spacial score (nSPS) is 16.6. The summed E-state index contributed by atoms with van der Waals surface area (Å²) in [6.45, 7) is 3.93. The van der Waals surface area contributed by atoms with Crippen molar-refractivity contribution in [1.29, 1.82) is 0 Å². The lowest BCUT2D eigenvalue weighted by Gasteiger charge is -2.23. The second kappa shape index (κ2) is 4.77. The average molecular weight is 244 g/mol. The van der Waals surface area contributed by atoms with Crippen LogP contribution in [0, 0.1) is 5.92 Å². The van der Waals surface area contributed by atoms with Crippen LogP contribution in [0.1, 0.15) is 41.0 Å².